The highest BCUT2D eigenvalue weighted by atomic mass is 14.9. The Morgan fingerprint density at radius 2 is 2.00 bits per heavy atom. The third kappa shape index (κ3) is 2.78. The number of aryl methyl sites for hydroxylation is 1. The molecular weight excluding hydrogens is 258 g/mol. The Kier molecular flexibility index (Phi) is 3.93. The summed E-state index contributed by atoms with van der Waals surface area (Å²) in [5.74, 6) is 0. The van der Waals surface area contributed by atoms with Crippen molar-refractivity contribution in [1.29, 1.82) is 0 Å². The van der Waals surface area contributed by atoms with Crippen molar-refractivity contribution in [3.05, 3.63) is 71.7 Å². The monoisotopic (exact) mass is 277 g/mol. The smallest absolute Gasteiger partial charge is 0.0708 e. The summed E-state index contributed by atoms with van der Waals surface area (Å²) in [6.45, 7) is 5.07. The second kappa shape index (κ2) is 6.02. The summed E-state index contributed by atoms with van der Waals surface area (Å²) in [6, 6.07) is 14.7. The minimum atomic E-state index is 0.135. The molecule has 2 aromatic heterocycles. The van der Waals surface area contributed by atoms with Crippen LogP contribution in [0.4, 0.5) is 0 Å². The van der Waals surface area contributed by atoms with Gasteiger partial charge in [0.1, 0.15) is 0 Å². The molecule has 1 atom stereocenters. The number of para-hydroxylation sites is 1. The van der Waals surface area contributed by atoms with Crippen LogP contribution in [-0.2, 0) is 0 Å². The minimum absolute atomic E-state index is 0.135. The molecule has 0 radical (unpaired) electrons. The zero-order chi connectivity index (χ0) is 14.7. The number of benzene rings is 1. The van der Waals surface area contributed by atoms with Gasteiger partial charge in [-0.2, -0.15) is 0 Å². The van der Waals surface area contributed by atoms with Gasteiger partial charge in [-0.3, -0.25) is 9.97 Å². The van der Waals surface area contributed by atoms with Gasteiger partial charge >= 0.3 is 0 Å². The molecule has 3 aromatic rings. The second-order valence-electron chi connectivity index (χ2n) is 5.15. The van der Waals surface area contributed by atoms with Gasteiger partial charge in [-0.15, -0.1) is 0 Å². The Balaban J connectivity index is 2.20. The third-order valence-electron chi connectivity index (χ3n) is 3.61. The Morgan fingerprint density at radius 1 is 1.14 bits per heavy atom. The molecule has 0 fully saturated rings. The van der Waals surface area contributed by atoms with Crippen LogP contribution >= 0.6 is 0 Å². The highest BCUT2D eigenvalue weighted by Crippen LogP contribution is 2.28. The molecule has 0 saturated heterocycles. The van der Waals surface area contributed by atoms with Gasteiger partial charge in [-0.1, -0.05) is 31.2 Å². The molecule has 0 spiro atoms. The maximum absolute atomic E-state index is 4.63. The van der Waals surface area contributed by atoms with Gasteiger partial charge in [0.15, 0.2) is 0 Å². The molecule has 0 amide bonds. The van der Waals surface area contributed by atoms with E-state index in [4.69, 9.17) is 0 Å². The molecule has 1 N–H and O–H groups in total. The van der Waals surface area contributed by atoms with Gasteiger partial charge in [-0.05, 0) is 42.8 Å². The van der Waals surface area contributed by atoms with E-state index in [1.165, 1.54) is 16.5 Å². The number of pyridine rings is 2. The van der Waals surface area contributed by atoms with Crippen molar-refractivity contribution in [3.8, 4) is 0 Å². The van der Waals surface area contributed by atoms with Crippen LogP contribution in [0.25, 0.3) is 10.9 Å². The van der Waals surface area contributed by atoms with E-state index in [0.717, 1.165) is 17.8 Å². The first-order valence-corrected chi connectivity index (χ1v) is 7.29. The second-order valence-corrected chi connectivity index (χ2v) is 5.15. The lowest BCUT2D eigenvalue weighted by atomic mass is 9.96. The zero-order valence-corrected chi connectivity index (χ0v) is 12.4. The molecule has 1 aromatic carbocycles. The first-order chi connectivity index (χ1) is 10.3. The molecule has 0 aliphatic rings. The van der Waals surface area contributed by atoms with E-state index in [1.807, 2.05) is 31.5 Å². The van der Waals surface area contributed by atoms with Crippen LogP contribution in [0.5, 0.6) is 0 Å². The van der Waals surface area contributed by atoms with Crippen molar-refractivity contribution in [2.75, 3.05) is 6.54 Å². The predicted octanol–water partition coefficient (Wildman–Crippen LogP) is 3.64. The topological polar surface area (TPSA) is 37.8 Å². The molecule has 2 heterocycles. The average Bonchev–Trinajstić information content (AvgIpc) is 2.52. The molecule has 1 unspecified atom stereocenters. The molecule has 0 saturated carbocycles. The van der Waals surface area contributed by atoms with Crippen molar-refractivity contribution in [2.45, 2.75) is 19.9 Å². The number of nitrogens with zero attached hydrogens (tertiary/aromatic N) is 2. The largest absolute Gasteiger partial charge is 0.306 e. The molecule has 106 valence electrons. The predicted molar refractivity (Wildman–Crippen MR) is 86.2 cm³/mol. The van der Waals surface area contributed by atoms with Crippen LogP contribution in [0.1, 0.15) is 29.8 Å². The van der Waals surface area contributed by atoms with E-state index < -0.39 is 0 Å². The van der Waals surface area contributed by atoms with Crippen LogP contribution in [0.15, 0.2) is 54.9 Å². The van der Waals surface area contributed by atoms with Gasteiger partial charge in [0.2, 0.25) is 0 Å². The first kappa shape index (κ1) is 13.7. The van der Waals surface area contributed by atoms with E-state index in [0.29, 0.717) is 0 Å². The van der Waals surface area contributed by atoms with Gasteiger partial charge in [0.25, 0.3) is 0 Å². The van der Waals surface area contributed by atoms with Gasteiger partial charge < -0.3 is 5.32 Å². The number of nitrogens with one attached hydrogen (secondary N) is 1. The maximum Gasteiger partial charge on any atom is 0.0708 e. The van der Waals surface area contributed by atoms with Crippen molar-refractivity contribution >= 4 is 10.9 Å². The summed E-state index contributed by atoms with van der Waals surface area (Å²) in [6.07, 6.45) is 3.74. The van der Waals surface area contributed by atoms with Gasteiger partial charge in [0.05, 0.1) is 11.6 Å². The molecule has 0 aliphatic heterocycles. The summed E-state index contributed by atoms with van der Waals surface area (Å²) < 4.78 is 0. The van der Waals surface area contributed by atoms with E-state index in [9.17, 15) is 0 Å². The number of hydrogen-bond acceptors (Lipinski definition) is 3. The first-order valence-electron chi connectivity index (χ1n) is 7.29. The lowest BCUT2D eigenvalue weighted by Gasteiger charge is -2.20. The summed E-state index contributed by atoms with van der Waals surface area (Å²) in [4.78, 5) is 8.89. The fraction of sp³-hybridized carbons (Fsp3) is 0.222. The lowest BCUT2D eigenvalue weighted by molar-refractivity contribution is 0.631. The summed E-state index contributed by atoms with van der Waals surface area (Å²) >= 11 is 0. The van der Waals surface area contributed by atoms with Gasteiger partial charge in [-0.25, -0.2) is 0 Å². The summed E-state index contributed by atoms with van der Waals surface area (Å²) in [5, 5.41) is 4.76. The highest BCUT2D eigenvalue weighted by molar-refractivity contribution is 5.83. The standard InChI is InChI=1S/C18H19N3/c1-3-20-18(14-7-6-10-19-12-14)16-11-13(2)21-17-9-5-4-8-15(16)17/h4-12,18,20H,3H2,1-2H3. The van der Waals surface area contributed by atoms with Gasteiger partial charge in [0, 0.05) is 23.5 Å². The average molecular weight is 277 g/mol. The third-order valence-corrected chi connectivity index (χ3v) is 3.61. The SMILES string of the molecule is CCNC(c1cccnc1)c1cc(C)nc2ccccc12. The Labute approximate surface area is 125 Å². The van der Waals surface area contributed by atoms with Crippen LogP contribution in [0, 0.1) is 6.92 Å². The number of hydrogen-bond donors (Lipinski definition) is 1. The molecule has 3 nitrogen and oxygen atoms in total. The molecule has 21 heavy (non-hydrogen) atoms. The Bertz CT molecular complexity index is 738. The van der Waals surface area contributed by atoms with Crippen LogP contribution in [0.3, 0.4) is 0 Å². The van der Waals surface area contributed by atoms with E-state index in [2.05, 4.69) is 52.5 Å². The van der Waals surface area contributed by atoms with Crippen molar-refractivity contribution in [1.82, 2.24) is 15.3 Å². The summed E-state index contributed by atoms with van der Waals surface area (Å²) in [5.41, 5.74) is 4.51. The minimum Gasteiger partial charge on any atom is -0.306 e. The van der Waals surface area contributed by atoms with E-state index in [1.54, 1.807) is 0 Å². The molecular formula is C18H19N3. The van der Waals surface area contributed by atoms with Crippen LogP contribution in [-0.4, -0.2) is 16.5 Å². The maximum atomic E-state index is 4.63. The van der Waals surface area contributed by atoms with Crippen LogP contribution < -0.4 is 5.32 Å². The quantitative estimate of drug-likeness (QED) is 0.791. The Hall–Kier alpha value is -2.26. The highest BCUT2D eigenvalue weighted by Gasteiger charge is 2.16. The zero-order valence-electron chi connectivity index (χ0n) is 12.4. The fourth-order valence-electron chi connectivity index (χ4n) is 2.74. The van der Waals surface area contributed by atoms with Crippen molar-refractivity contribution in [2.24, 2.45) is 0 Å². The lowest BCUT2D eigenvalue weighted by Crippen LogP contribution is -2.22. The number of aromatic nitrogens is 2. The molecule has 3 rings (SSSR count). The fourth-order valence-corrected chi connectivity index (χ4v) is 2.74. The Morgan fingerprint density at radius 3 is 2.76 bits per heavy atom. The normalized spacial score (nSPS) is 12.5. The van der Waals surface area contributed by atoms with Crippen LogP contribution in [0.2, 0.25) is 0 Å². The molecule has 3 heteroatoms. The number of rotatable bonds is 4. The van der Waals surface area contributed by atoms with E-state index >= 15 is 0 Å². The summed E-state index contributed by atoms with van der Waals surface area (Å²) in [7, 11) is 0. The van der Waals surface area contributed by atoms with Crippen molar-refractivity contribution < 1.29 is 0 Å². The van der Waals surface area contributed by atoms with E-state index in [-0.39, 0.29) is 6.04 Å². The van der Waals surface area contributed by atoms with Crippen molar-refractivity contribution in [3.63, 3.8) is 0 Å². The molecule has 0 bridgehead atoms. The molecule has 0 aliphatic carbocycles. The number of fused-ring (bicyclic) bond motifs is 1.